The molecule has 0 amide bonds. The van der Waals surface area contributed by atoms with Crippen LogP contribution in [0.3, 0.4) is 0 Å². The van der Waals surface area contributed by atoms with Crippen LogP contribution >= 0.6 is 12.4 Å². The van der Waals surface area contributed by atoms with Gasteiger partial charge in [0.05, 0.1) is 12.6 Å². The van der Waals surface area contributed by atoms with Crippen LogP contribution in [0.5, 0.6) is 5.75 Å². The van der Waals surface area contributed by atoms with Crippen molar-refractivity contribution in [2.75, 3.05) is 7.11 Å². The lowest BCUT2D eigenvalue weighted by Crippen LogP contribution is -2.38. The highest BCUT2D eigenvalue weighted by atomic mass is 35.5. The molecule has 2 bridgehead atoms. The van der Waals surface area contributed by atoms with Crippen molar-refractivity contribution in [1.29, 1.82) is 0 Å². The van der Waals surface area contributed by atoms with Crippen molar-refractivity contribution >= 4 is 23.3 Å². The molecule has 5 N–H and O–H groups in total. The first-order valence-electron chi connectivity index (χ1n) is 8.67. The zero-order valence-electron chi connectivity index (χ0n) is 15.4. The number of aliphatic hydroxyl groups excluding tert-OH is 1. The van der Waals surface area contributed by atoms with Crippen molar-refractivity contribution in [2.24, 2.45) is 17.8 Å². The van der Waals surface area contributed by atoms with E-state index in [1.807, 2.05) is 24.3 Å². The smallest absolute Gasteiger partial charge is 0.127 e. The number of aliphatic hydroxyl groups is 1. The van der Waals surface area contributed by atoms with E-state index in [1.54, 1.807) is 13.3 Å². The molecule has 3 saturated carbocycles. The molecule has 5 rings (SSSR count). The first-order chi connectivity index (χ1) is 11.7. The van der Waals surface area contributed by atoms with Crippen molar-refractivity contribution in [3.05, 3.63) is 60.7 Å². The molecular weight excluding hydrogens is 366 g/mol. The van der Waals surface area contributed by atoms with Gasteiger partial charge in [-0.1, -0.05) is 6.08 Å². The number of hydrogen-bond acceptors (Lipinski definition) is 3. The molecule has 0 spiro atoms. The van der Waals surface area contributed by atoms with E-state index in [0.717, 1.165) is 41.5 Å². The summed E-state index contributed by atoms with van der Waals surface area (Å²) in [6.45, 7) is 3.99. The van der Waals surface area contributed by atoms with Crippen LogP contribution < -0.4 is 4.74 Å². The molecular formula is C21H28ClNO4. The standard InChI is InChI=1S/C21H23NO2.ClH.2H2O/c1-3-13-10-15-5-4-14(13)11-18(15)21(23)17-8-9-22-20-7-6-16(24-2)12-19(17)20;;;/h3,6-9,12-14,18,23H,1,4-5,10-11H2,2H3;1H;2*1H2/t13-,14-,18+;;;/m0.../s1. The number of hydrogen-bond donors (Lipinski definition) is 1. The van der Waals surface area contributed by atoms with E-state index in [2.05, 4.69) is 17.6 Å². The van der Waals surface area contributed by atoms with Gasteiger partial charge in [-0.15, -0.1) is 19.0 Å². The average molecular weight is 394 g/mol. The molecule has 3 atom stereocenters. The molecule has 0 saturated heterocycles. The SMILES string of the molecule is C=C[C@H]1C[C]2CC[C@H]1C[C@H]2[C](O)c1ccnc2ccc(OC)cc12.Cl.O.O. The largest absolute Gasteiger partial charge is 0.497 e. The zero-order chi connectivity index (χ0) is 16.7. The second-order valence-corrected chi connectivity index (χ2v) is 6.98. The summed E-state index contributed by atoms with van der Waals surface area (Å²) in [6.07, 6.45) is 8.86. The maximum atomic E-state index is 11.1. The summed E-state index contributed by atoms with van der Waals surface area (Å²) in [6, 6.07) is 7.73. The van der Waals surface area contributed by atoms with Gasteiger partial charge in [-0.2, -0.15) is 0 Å². The minimum atomic E-state index is 0. The fourth-order valence-electron chi connectivity index (χ4n) is 4.48. The molecule has 1 heterocycles. The summed E-state index contributed by atoms with van der Waals surface area (Å²) >= 11 is 0. The van der Waals surface area contributed by atoms with Crippen molar-refractivity contribution in [3.8, 4) is 5.75 Å². The van der Waals surface area contributed by atoms with Crippen molar-refractivity contribution in [2.45, 2.75) is 25.7 Å². The van der Waals surface area contributed by atoms with Gasteiger partial charge < -0.3 is 20.8 Å². The highest BCUT2D eigenvalue weighted by Gasteiger charge is 2.44. The Morgan fingerprint density at radius 3 is 2.70 bits per heavy atom. The maximum absolute atomic E-state index is 11.1. The number of allylic oxidation sites excluding steroid dienone is 1. The molecule has 1 aromatic heterocycles. The van der Waals surface area contributed by atoms with Gasteiger partial charge in [0.1, 0.15) is 11.9 Å². The monoisotopic (exact) mass is 393 g/mol. The Morgan fingerprint density at radius 1 is 1.30 bits per heavy atom. The van der Waals surface area contributed by atoms with Gasteiger partial charge in [-0.25, -0.2) is 0 Å². The van der Waals surface area contributed by atoms with Crippen molar-refractivity contribution in [1.82, 2.24) is 4.98 Å². The third kappa shape index (κ3) is 4.11. The van der Waals surface area contributed by atoms with Crippen LogP contribution in [0, 0.1) is 29.8 Å². The van der Waals surface area contributed by atoms with Gasteiger partial charge >= 0.3 is 0 Å². The number of aromatic nitrogens is 1. The number of ether oxygens (including phenoxy) is 1. The predicted molar refractivity (Wildman–Crippen MR) is 109 cm³/mol. The molecule has 5 nitrogen and oxygen atoms in total. The van der Waals surface area contributed by atoms with E-state index >= 15 is 0 Å². The Hall–Kier alpha value is -1.66. The second-order valence-electron chi connectivity index (χ2n) is 6.98. The minimum absolute atomic E-state index is 0. The molecule has 1 aromatic carbocycles. The van der Waals surface area contributed by atoms with Crippen LogP contribution in [0.2, 0.25) is 0 Å². The maximum Gasteiger partial charge on any atom is 0.127 e. The number of benzene rings is 1. The summed E-state index contributed by atoms with van der Waals surface area (Å²) in [5.41, 5.74) is 1.77. The topological polar surface area (TPSA) is 105 Å². The van der Waals surface area contributed by atoms with Gasteiger partial charge in [-0.3, -0.25) is 4.98 Å². The normalized spacial score (nSPS) is 23.9. The second kappa shape index (κ2) is 9.51. The number of rotatable bonds is 4. The van der Waals surface area contributed by atoms with Crippen LogP contribution in [0.1, 0.15) is 31.2 Å². The number of pyridine rings is 1. The van der Waals surface area contributed by atoms with E-state index in [4.69, 9.17) is 4.74 Å². The first-order valence-corrected chi connectivity index (χ1v) is 8.67. The van der Waals surface area contributed by atoms with Gasteiger partial charge in [0.2, 0.25) is 0 Å². The Balaban J connectivity index is 0.00000121. The quantitative estimate of drug-likeness (QED) is 0.803. The fourth-order valence-corrected chi connectivity index (χ4v) is 4.48. The third-order valence-electron chi connectivity index (χ3n) is 5.83. The molecule has 0 aliphatic heterocycles. The molecule has 3 aliphatic carbocycles. The highest BCUT2D eigenvalue weighted by molar-refractivity contribution is 5.85. The van der Waals surface area contributed by atoms with Gasteiger partial charge in [0.25, 0.3) is 0 Å². The van der Waals surface area contributed by atoms with Gasteiger partial charge in [0.15, 0.2) is 0 Å². The summed E-state index contributed by atoms with van der Waals surface area (Å²) in [5, 5.41) is 12.0. The molecule has 2 aromatic rings. The van der Waals surface area contributed by atoms with Crippen LogP contribution in [0.4, 0.5) is 0 Å². The lowest BCUT2D eigenvalue weighted by molar-refractivity contribution is 0.125. The Labute approximate surface area is 166 Å². The van der Waals surface area contributed by atoms with Crippen LogP contribution in [-0.4, -0.2) is 28.2 Å². The van der Waals surface area contributed by atoms with Crippen LogP contribution in [0.25, 0.3) is 10.9 Å². The zero-order valence-corrected chi connectivity index (χ0v) is 16.3. The summed E-state index contributed by atoms with van der Waals surface area (Å²) in [4.78, 5) is 4.42. The number of nitrogens with zero attached hydrogens (tertiary/aromatic N) is 1. The Morgan fingerprint density at radius 2 is 2.07 bits per heavy atom. The van der Waals surface area contributed by atoms with E-state index in [-0.39, 0.29) is 29.3 Å². The Bertz CT molecular complexity index is 769. The number of fused-ring (bicyclic) bond motifs is 4. The molecule has 148 valence electrons. The summed E-state index contributed by atoms with van der Waals surface area (Å²) < 4.78 is 5.35. The number of halogens is 1. The van der Waals surface area contributed by atoms with Gasteiger partial charge in [0, 0.05) is 17.5 Å². The van der Waals surface area contributed by atoms with E-state index in [9.17, 15) is 5.11 Å². The number of methoxy groups -OCH3 is 1. The summed E-state index contributed by atoms with van der Waals surface area (Å²) in [7, 11) is 1.66. The third-order valence-corrected chi connectivity index (χ3v) is 5.83. The molecule has 3 aliphatic rings. The fraction of sp³-hybridized carbons (Fsp3) is 0.381. The van der Waals surface area contributed by atoms with E-state index < -0.39 is 0 Å². The summed E-state index contributed by atoms with van der Waals surface area (Å²) in [5.74, 6) is 3.68. The predicted octanol–water partition coefficient (Wildman–Crippen LogP) is 3.47. The average Bonchev–Trinajstić information content (AvgIpc) is 2.66. The lowest BCUT2D eigenvalue weighted by Gasteiger charge is -2.47. The lowest BCUT2D eigenvalue weighted by atomic mass is 9.58. The van der Waals surface area contributed by atoms with Gasteiger partial charge in [-0.05, 0) is 73.3 Å². The molecule has 27 heavy (non-hydrogen) atoms. The van der Waals surface area contributed by atoms with E-state index in [1.165, 1.54) is 12.3 Å². The van der Waals surface area contributed by atoms with Crippen molar-refractivity contribution < 1.29 is 20.8 Å². The van der Waals surface area contributed by atoms with E-state index in [0.29, 0.717) is 17.9 Å². The van der Waals surface area contributed by atoms with Crippen LogP contribution in [0.15, 0.2) is 43.1 Å². The molecule has 6 heteroatoms. The van der Waals surface area contributed by atoms with Crippen LogP contribution in [-0.2, 0) is 0 Å². The van der Waals surface area contributed by atoms with Crippen molar-refractivity contribution in [3.63, 3.8) is 0 Å². The first kappa shape index (κ1) is 23.4. The molecule has 0 unspecified atom stereocenters. The molecule has 2 radical (unpaired) electrons. The molecule has 3 fully saturated rings. The Kier molecular flexibility index (Phi) is 8.23. The minimum Gasteiger partial charge on any atom is -0.497 e. The highest BCUT2D eigenvalue weighted by Crippen LogP contribution is 2.53.